The molecule has 0 bridgehead atoms. The highest BCUT2D eigenvalue weighted by Crippen LogP contribution is 2.31. The molecule has 4 aromatic heterocycles. The lowest BCUT2D eigenvalue weighted by Crippen LogP contribution is -2.18. The minimum absolute atomic E-state index is 0.201. The van der Waals surface area contributed by atoms with E-state index < -0.39 is 0 Å². The number of imidazole rings is 2. The SMILES string of the molecule is CC(CCCN)Nc1nc(-c2cnc3ccc(Cl)cn23)c(Cl)n2ccnc12. The van der Waals surface area contributed by atoms with E-state index in [0.717, 1.165) is 24.2 Å². The maximum Gasteiger partial charge on any atom is 0.181 e. The summed E-state index contributed by atoms with van der Waals surface area (Å²) >= 11 is 12.8. The summed E-state index contributed by atoms with van der Waals surface area (Å²) in [4.78, 5) is 13.6. The number of nitrogens with zero attached hydrogens (tertiary/aromatic N) is 5. The first-order valence-electron chi connectivity index (χ1n) is 8.70. The van der Waals surface area contributed by atoms with Crippen LogP contribution in [-0.2, 0) is 0 Å². The second-order valence-electron chi connectivity index (χ2n) is 6.42. The average Bonchev–Trinajstić information content (AvgIpc) is 3.29. The number of rotatable bonds is 6. The average molecular weight is 404 g/mol. The monoisotopic (exact) mass is 403 g/mol. The van der Waals surface area contributed by atoms with Crippen molar-refractivity contribution in [3.63, 3.8) is 0 Å². The van der Waals surface area contributed by atoms with Gasteiger partial charge in [-0.2, -0.15) is 0 Å². The Kier molecular flexibility index (Phi) is 4.90. The zero-order chi connectivity index (χ0) is 19.0. The molecule has 0 aliphatic heterocycles. The summed E-state index contributed by atoms with van der Waals surface area (Å²) < 4.78 is 3.69. The molecule has 0 spiro atoms. The van der Waals surface area contributed by atoms with E-state index in [1.807, 2.05) is 21.1 Å². The molecule has 4 rings (SSSR count). The molecular formula is C18H19Cl2N7. The topological polar surface area (TPSA) is 85.5 Å². The van der Waals surface area contributed by atoms with Gasteiger partial charge in [0, 0.05) is 24.6 Å². The van der Waals surface area contributed by atoms with Crippen LogP contribution in [-0.4, -0.2) is 36.3 Å². The molecule has 0 fully saturated rings. The Hall–Kier alpha value is -2.35. The van der Waals surface area contributed by atoms with Crippen molar-refractivity contribution in [2.75, 3.05) is 11.9 Å². The van der Waals surface area contributed by atoms with Crippen LogP contribution in [0, 0.1) is 0 Å². The number of pyridine rings is 1. The molecule has 0 saturated carbocycles. The Balaban J connectivity index is 1.85. The molecule has 4 heterocycles. The highest BCUT2D eigenvalue weighted by molar-refractivity contribution is 6.32. The van der Waals surface area contributed by atoms with Gasteiger partial charge in [-0.25, -0.2) is 15.0 Å². The van der Waals surface area contributed by atoms with Crippen molar-refractivity contribution in [1.82, 2.24) is 23.8 Å². The van der Waals surface area contributed by atoms with Crippen molar-refractivity contribution in [2.45, 2.75) is 25.8 Å². The predicted octanol–water partition coefficient (Wildman–Crippen LogP) is 3.89. The highest BCUT2D eigenvalue weighted by atomic mass is 35.5. The van der Waals surface area contributed by atoms with E-state index in [4.69, 9.17) is 33.9 Å². The standard InChI is InChI=1S/C18H19Cl2N7/c1-11(3-2-6-21)24-17-18-22-7-8-26(18)16(20)15(25-17)13-9-23-14-5-4-12(19)10-27(13)14/h4-5,7-11H,2-3,6,21H2,1H3,(H,24,25). The van der Waals surface area contributed by atoms with Gasteiger partial charge in [-0.15, -0.1) is 0 Å². The molecule has 0 radical (unpaired) electrons. The number of anilines is 1. The van der Waals surface area contributed by atoms with Crippen LogP contribution in [0.2, 0.25) is 10.2 Å². The molecule has 9 heteroatoms. The second kappa shape index (κ2) is 7.34. The molecule has 3 N–H and O–H groups in total. The fourth-order valence-electron chi connectivity index (χ4n) is 3.08. The molecular weight excluding hydrogens is 385 g/mol. The summed E-state index contributed by atoms with van der Waals surface area (Å²) in [5.74, 6) is 0.667. The molecule has 7 nitrogen and oxygen atoms in total. The van der Waals surface area contributed by atoms with Crippen LogP contribution in [0.3, 0.4) is 0 Å². The van der Waals surface area contributed by atoms with Crippen LogP contribution in [0.25, 0.3) is 22.7 Å². The van der Waals surface area contributed by atoms with Gasteiger partial charge in [0.05, 0.1) is 16.9 Å². The second-order valence-corrected chi connectivity index (χ2v) is 7.21. The van der Waals surface area contributed by atoms with E-state index in [-0.39, 0.29) is 6.04 Å². The summed E-state index contributed by atoms with van der Waals surface area (Å²) in [6, 6.07) is 3.85. The Bertz CT molecular complexity index is 1100. The number of hydrogen-bond donors (Lipinski definition) is 2. The van der Waals surface area contributed by atoms with Crippen LogP contribution in [0.1, 0.15) is 19.8 Å². The zero-order valence-corrected chi connectivity index (χ0v) is 16.2. The first kappa shape index (κ1) is 18.0. The smallest absolute Gasteiger partial charge is 0.181 e. The molecule has 140 valence electrons. The van der Waals surface area contributed by atoms with Crippen molar-refractivity contribution in [3.05, 3.63) is 47.1 Å². The molecule has 27 heavy (non-hydrogen) atoms. The number of halogens is 2. The van der Waals surface area contributed by atoms with Crippen LogP contribution < -0.4 is 11.1 Å². The van der Waals surface area contributed by atoms with Crippen LogP contribution in [0.5, 0.6) is 0 Å². The normalized spacial score (nSPS) is 12.7. The van der Waals surface area contributed by atoms with E-state index in [2.05, 4.69) is 22.2 Å². The van der Waals surface area contributed by atoms with Crippen LogP contribution >= 0.6 is 23.2 Å². The van der Waals surface area contributed by atoms with E-state index in [1.165, 1.54) is 0 Å². The van der Waals surface area contributed by atoms with E-state index in [9.17, 15) is 0 Å². The number of nitrogens with one attached hydrogen (secondary N) is 1. The molecule has 4 aromatic rings. The molecule has 0 amide bonds. The van der Waals surface area contributed by atoms with Crippen molar-refractivity contribution < 1.29 is 0 Å². The highest BCUT2D eigenvalue weighted by Gasteiger charge is 2.19. The van der Waals surface area contributed by atoms with Gasteiger partial charge < -0.3 is 11.1 Å². The van der Waals surface area contributed by atoms with Crippen molar-refractivity contribution in [2.24, 2.45) is 5.73 Å². The molecule has 1 atom stereocenters. The Morgan fingerprint density at radius 3 is 2.89 bits per heavy atom. The Morgan fingerprint density at radius 1 is 1.22 bits per heavy atom. The van der Waals surface area contributed by atoms with Gasteiger partial charge in [0.1, 0.15) is 16.5 Å². The molecule has 0 aromatic carbocycles. The Morgan fingerprint density at radius 2 is 2.07 bits per heavy atom. The number of fused-ring (bicyclic) bond motifs is 2. The molecule has 0 aliphatic rings. The lowest BCUT2D eigenvalue weighted by Gasteiger charge is -2.16. The maximum absolute atomic E-state index is 6.65. The van der Waals surface area contributed by atoms with Crippen molar-refractivity contribution in [3.8, 4) is 11.4 Å². The van der Waals surface area contributed by atoms with Crippen LogP contribution in [0.15, 0.2) is 36.9 Å². The summed E-state index contributed by atoms with van der Waals surface area (Å²) in [5, 5.41) is 4.50. The summed E-state index contributed by atoms with van der Waals surface area (Å²) in [5.41, 5.74) is 8.42. The zero-order valence-electron chi connectivity index (χ0n) is 14.7. The first-order valence-corrected chi connectivity index (χ1v) is 9.46. The summed E-state index contributed by atoms with van der Waals surface area (Å²) in [6.45, 7) is 2.76. The lowest BCUT2D eigenvalue weighted by molar-refractivity contribution is 0.661. The Labute approximate surface area is 166 Å². The first-order chi connectivity index (χ1) is 13.1. The van der Waals surface area contributed by atoms with Gasteiger partial charge in [-0.05, 0) is 38.4 Å². The van der Waals surface area contributed by atoms with E-state index in [0.29, 0.717) is 33.9 Å². The minimum Gasteiger partial charge on any atom is -0.365 e. The predicted molar refractivity (Wildman–Crippen MR) is 109 cm³/mol. The van der Waals surface area contributed by atoms with Crippen molar-refractivity contribution in [1.29, 1.82) is 0 Å². The largest absolute Gasteiger partial charge is 0.365 e. The molecule has 1 unspecified atom stereocenters. The maximum atomic E-state index is 6.65. The number of nitrogens with two attached hydrogens (primary N) is 1. The van der Waals surface area contributed by atoms with Gasteiger partial charge in [0.25, 0.3) is 0 Å². The van der Waals surface area contributed by atoms with Crippen LogP contribution in [0.4, 0.5) is 5.82 Å². The minimum atomic E-state index is 0.201. The van der Waals surface area contributed by atoms with Gasteiger partial charge in [0.2, 0.25) is 0 Å². The van der Waals surface area contributed by atoms with Gasteiger partial charge in [0.15, 0.2) is 11.5 Å². The van der Waals surface area contributed by atoms with Crippen molar-refractivity contribution >= 4 is 40.3 Å². The third-order valence-corrected chi connectivity index (χ3v) is 5.00. The fraction of sp³-hybridized carbons (Fsp3) is 0.278. The summed E-state index contributed by atoms with van der Waals surface area (Å²) in [6.07, 6.45) is 8.93. The molecule has 0 saturated heterocycles. The van der Waals surface area contributed by atoms with E-state index >= 15 is 0 Å². The van der Waals surface area contributed by atoms with Gasteiger partial charge >= 0.3 is 0 Å². The van der Waals surface area contributed by atoms with E-state index in [1.54, 1.807) is 24.7 Å². The number of hydrogen-bond acceptors (Lipinski definition) is 5. The lowest BCUT2D eigenvalue weighted by atomic mass is 10.2. The quantitative estimate of drug-likeness (QED) is 0.509. The third-order valence-electron chi connectivity index (χ3n) is 4.42. The number of aromatic nitrogens is 5. The van der Waals surface area contributed by atoms with Gasteiger partial charge in [-0.3, -0.25) is 8.80 Å². The summed E-state index contributed by atoms with van der Waals surface area (Å²) in [7, 11) is 0. The fourth-order valence-corrected chi connectivity index (χ4v) is 3.51. The third kappa shape index (κ3) is 3.34. The van der Waals surface area contributed by atoms with Gasteiger partial charge in [-0.1, -0.05) is 23.2 Å². The molecule has 0 aliphatic carbocycles.